The van der Waals surface area contributed by atoms with Crippen LogP contribution in [0.3, 0.4) is 0 Å². The van der Waals surface area contributed by atoms with Gasteiger partial charge in [-0.1, -0.05) is 26.0 Å². The Bertz CT molecular complexity index is 390. The fourth-order valence-corrected chi connectivity index (χ4v) is 1.40. The van der Waals surface area contributed by atoms with Gasteiger partial charge in [-0.2, -0.15) is 0 Å². The zero-order valence-electron chi connectivity index (χ0n) is 11.4. The number of rotatable bonds is 6. The summed E-state index contributed by atoms with van der Waals surface area (Å²) in [6.07, 6.45) is 0. The van der Waals surface area contributed by atoms with Crippen molar-refractivity contribution < 1.29 is 14.3 Å². The molecule has 1 amide bonds. The summed E-state index contributed by atoms with van der Waals surface area (Å²) in [6, 6.07) is 7.41. The zero-order valence-corrected chi connectivity index (χ0v) is 11.4. The van der Waals surface area contributed by atoms with Gasteiger partial charge in [0, 0.05) is 5.92 Å². The Morgan fingerprint density at radius 2 is 1.83 bits per heavy atom. The highest BCUT2D eigenvalue weighted by Crippen LogP contribution is 2.25. The van der Waals surface area contributed by atoms with E-state index in [9.17, 15) is 4.79 Å². The summed E-state index contributed by atoms with van der Waals surface area (Å²) in [4.78, 5) is 11.5. The second-order valence-electron chi connectivity index (χ2n) is 4.53. The van der Waals surface area contributed by atoms with E-state index >= 15 is 0 Å². The van der Waals surface area contributed by atoms with Crippen LogP contribution in [0.2, 0.25) is 0 Å². The first-order valence-electron chi connectivity index (χ1n) is 6.10. The lowest BCUT2D eigenvalue weighted by Crippen LogP contribution is -2.39. The van der Waals surface area contributed by atoms with Crippen molar-refractivity contribution in [2.24, 2.45) is 5.92 Å². The summed E-state index contributed by atoms with van der Waals surface area (Å²) in [5, 5.41) is 2.88. The highest BCUT2D eigenvalue weighted by atomic mass is 16.5. The Kier molecular flexibility index (Phi) is 5.49. The molecule has 4 heteroatoms. The van der Waals surface area contributed by atoms with Crippen LogP contribution >= 0.6 is 0 Å². The number of carbonyl (C=O) groups excluding carboxylic acids is 1. The topological polar surface area (TPSA) is 47.6 Å². The van der Waals surface area contributed by atoms with E-state index in [0.29, 0.717) is 18.1 Å². The normalized spacial score (nSPS) is 12.1. The molecular weight excluding hydrogens is 230 g/mol. The summed E-state index contributed by atoms with van der Waals surface area (Å²) < 4.78 is 10.8. The maximum absolute atomic E-state index is 11.5. The molecule has 0 spiro atoms. The van der Waals surface area contributed by atoms with Crippen molar-refractivity contribution in [3.8, 4) is 11.5 Å². The fourth-order valence-electron chi connectivity index (χ4n) is 1.40. The predicted molar refractivity (Wildman–Crippen MR) is 70.9 cm³/mol. The van der Waals surface area contributed by atoms with Crippen LogP contribution in [0.4, 0.5) is 0 Å². The molecule has 0 bridgehead atoms. The van der Waals surface area contributed by atoms with Crippen LogP contribution in [0.1, 0.15) is 20.8 Å². The monoisotopic (exact) mass is 251 g/mol. The van der Waals surface area contributed by atoms with Gasteiger partial charge in [-0.3, -0.25) is 4.79 Å². The van der Waals surface area contributed by atoms with Gasteiger partial charge in [-0.25, -0.2) is 0 Å². The molecule has 0 aromatic heterocycles. The summed E-state index contributed by atoms with van der Waals surface area (Å²) in [5.41, 5.74) is 0. The van der Waals surface area contributed by atoms with E-state index in [-0.39, 0.29) is 17.9 Å². The lowest BCUT2D eigenvalue weighted by molar-refractivity contribution is -0.124. The third-order valence-corrected chi connectivity index (χ3v) is 2.47. The van der Waals surface area contributed by atoms with Gasteiger partial charge in [0.05, 0.1) is 13.2 Å². The minimum Gasteiger partial charge on any atom is -0.493 e. The molecule has 0 saturated carbocycles. The molecule has 0 radical (unpaired) electrons. The smallest absolute Gasteiger partial charge is 0.222 e. The van der Waals surface area contributed by atoms with Gasteiger partial charge in [0.1, 0.15) is 6.61 Å². The van der Waals surface area contributed by atoms with Gasteiger partial charge in [0.15, 0.2) is 11.5 Å². The molecule has 1 aromatic rings. The highest BCUT2D eigenvalue weighted by molar-refractivity contribution is 5.78. The van der Waals surface area contributed by atoms with Crippen molar-refractivity contribution >= 4 is 5.91 Å². The molecule has 18 heavy (non-hydrogen) atoms. The number of ether oxygens (including phenoxy) is 2. The van der Waals surface area contributed by atoms with Gasteiger partial charge in [0.2, 0.25) is 5.91 Å². The molecule has 0 unspecified atom stereocenters. The fraction of sp³-hybridized carbons (Fsp3) is 0.500. The van der Waals surface area contributed by atoms with Gasteiger partial charge in [-0.15, -0.1) is 0 Å². The van der Waals surface area contributed by atoms with Crippen LogP contribution in [-0.2, 0) is 4.79 Å². The molecule has 0 aliphatic rings. The molecule has 1 N–H and O–H groups in total. The number of carbonyl (C=O) groups is 1. The van der Waals surface area contributed by atoms with Gasteiger partial charge in [-0.05, 0) is 19.1 Å². The molecular formula is C14H21NO3. The van der Waals surface area contributed by atoms with Crippen LogP contribution in [0, 0.1) is 5.92 Å². The molecule has 0 aliphatic carbocycles. The highest BCUT2D eigenvalue weighted by Gasteiger charge is 2.12. The van der Waals surface area contributed by atoms with Crippen LogP contribution in [0.25, 0.3) is 0 Å². The van der Waals surface area contributed by atoms with E-state index in [1.807, 2.05) is 45.0 Å². The molecule has 4 nitrogen and oxygen atoms in total. The number of hydrogen-bond acceptors (Lipinski definition) is 3. The van der Waals surface area contributed by atoms with Crippen molar-refractivity contribution in [3.05, 3.63) is 24.3 Å². The van der Waals surface area contributed by atoms with Gasteiger partial charge >= 0.3 is 0 Å². The molecule has 1 atom stereocenters. The van der Waals surface area contributed by atoms with Crippen molar-refractivity contribution in [1.82, 2.24) is 5.32 Å². The van der Waals surface area contributed by atoms with Crippen LogP contribution < -0.4 is 14.8 Å². The van der Waals surface area contributed by atoms with E-state index in [0.717, 1.165) is 0 Å². The lowest BCUT2D eigenvalue weighted by atomic mass is 10.2. The molecule has 100 valence electrons. The first-order chi connectivity index (χ1) is 8.54. The van der Waals surface area contributed by atoms with Crippen LogP contribution in [0.15, 0.2) is 24.3 Å². The number of benzene rings is 1. The third kappa shape index (κ3) is 4.28. The second-order valence-corrected chi connectivity index (χ2v) is 4.53. The van der Waals surface area contributed by atoms with E-state index in [2.05, 4.69) is 5.32 Å². The average molecular weight is 251 g/mol. The largest absolute Gasteiger partial charge is 0.493 e. The summed E-state index contributed by atoms with van der Waals surface area (Å²) in [7, 11) is 1.60. The zero-order chi connectivity index (χ0) is 13.5. The summed E-state index contributed by atoms with van der Waals surface area (Å²) in [6.45, 7) is 6.06. The molecule has 1 aromatic carbocycles. The molecule has 1 rings (SSSR count). The molecule has 0 heterocycles. The van der Waals surface area contributed by atoms with Gasteiger partial charge in [0.25, 0.3) is 0 Å². The summed E-state index contributed by atoms with van der Waals surface area (Å²) in [5.74, 6) is 1.40. The standard InChI is InChI=1S/C14H21NO3/c1-10(2)14(16)15-11(3)9-18-13-8-6-5-7-12(13)17-4/h5-8,10-11H,9H2,1-4H3,(H,15,16)/t11-/m1/s1. The lowest BCUT2D eigenvalue weighted by Gasteiger charge is -2.17. The van der Waals surface area contributed by atoms with E-state index in [1.165, 1.54) is 0 Å². The average Bonchev–Trinajstić information content (AvgIpc) is 2.36. The Balaban J connectivity index is 2.47. The Hall–Kier alpha value is -1.71. The molecule has 0 fully saturated rings. The minimum absolute atomic E-state index is 0.0151. The van der Waals surface area contributed by atoms with Gasteiger partial charge < -0.3 is 14.8 Å². The minimum atomic E-state index is -0.0372. The third-order valence-electron chi connectivity index (χ3n) is 2.47. The van der Waals surface area contributed by atoms with Crippen molar-refractivity contribution in [1.29, 1.82) is 0 Å². The second kappa shape index (κ2) is 6.89. The number of nitrogens with one attached hydrogen (secondary N) is 1. The first-order valence-corrected chi connectivity index (χ1v) is 6.10. The number of amides is 1. The number of para-hydroxylation sites is 2. The van der Waals surface area contributed by atoms with E-state index < -0.39 is 0 Å². The molecule has 0 saturated heterocycles. The quantitative estimate of drug-likeness (QED) is 0.843. The van der Waals surface area contributed by atoms with Crippen LogP contribution in [0.5, 0.6) is 11.5 Å². The van der Waals surface area contributed by atoms with Crippen LogP contribution in [-0.4, -0.2) is 25.7 Å². The number of methoxy groups -OCH3 is 1. The maximum Gasteiger partial charge on any atom is 0.222 e. The Morgan fingerprint density at radius 1 is 1.22 bits per heavy atom. The maximum atomic E-state index is 11.5. The SMILES string of the molecule is COc1ccccc1OC[C@@H](C)NC(=O)C(C)C. The predicted octanol–water partition coefficient (Wildman–Crippen LogP) is 2.23. The first kappa shape index (κ1) is 14.4. The summed E-state index contributed by atoms with van der Waals surface area (Å²) >= 11 is 0. The Labute approximate surface area is 108 Å². The van der Waals surface area contributed by atoms with Crippen molar-refractivity contribution in [2.75, 3.05) is 13.7 Å². The van der Waals surface area contributed by atoms with Crippen molar-refractivity contribution in [3.63, 3.8) is 0 Å². The Morgan fingerprint density at radius 3 is 2.39 bits per heavy atom. The molecule has 0 aliphatic heterocycles. The van der Waals surface area contributed by atoms with E-state index in [4.69, 9.17) is 9.47 Å². The van der Waals surface area contributed by atoms with Crippen molar-refractivity contribution in [2.45, 2.75) is 26.8 Å². The van der Waals surface area contributed by atoms with E-state index in [1.54, 1.807) is 7.11 Å². The number of hydrogen-bond donors (Lipinski definition) is 1.